The number of carbonyl (C=O) groups is 1. The second-order valence-corrected chi connectivity index (χ2v) is 6.78. The van der Waals surface area contributed by atoms with Crippen LogP contribution in [0.5, 0.6) is 0 Å². The molecule has 0 bridgehead atoms. The summed E-state index contributed by atoms with van der Waals surface area (Å²) in [6.07, 6.45) is 2.59. The molecule has 1 spiro atoms. The van der Waals surface area contributed by atoms with Crippen LogP contribution in [0.3, 0.4) is 0 Å². The van der Waals surface area contributed by atoms with Crippen LogP contribution in [0.25, 0.3) is 0 Å². The Morgan fingerprint density at radius 3 is 3.00 bits per heavy atom. The quantitative estimate of drug-likeness (QED) is 0.864. The maximum absolute atomic E-state index is 14.5. The Labute approximate surface area is 143 Å². The number of rotatable bonds is 2. The summed E-state index contributed by atoms with van der Waals surface area (Å²) >= 11 is 0. The lowest BCUT2D eigenvalue weighted by Gasteiger charge is -2.61. The first-order valence-corrected chi connectivity index (χ1v) is 8.36. The molecule has 7 nitrogen and oxygen atoms in total. The number of anilines is 2. The Morgan fingerprint density at radius 1 is 1.40 bits per heavy atom. The summed E-state index contributed by atoms with van der Waals surface area (Å²) in [5.74, 6) is -2.05. The van der Waals surface area contributed by atoms with Crippen molar-refractivity contribution >= 4 is 17.5 Å². The molecule has 1 unspecified atom stereocenters. The van der Waals surface area contributed by atoms with Gasteiger partial charge in [-0.2, -0.15) is 5.26 Å². The molecule has 0 aliphatic carbocycles. The van der Waals surface area contributed by atoms with Crippen molar-refractivity contribution < 1.29 is 13.6 Å². The van der Waals surface area contributed by atoms with Crippen LogP contribution in [0.15, 0.2) is 6.33 Å². The summed E-state index contributed by atoms with van der Waals surface area (Å²) in [7, 11) is 0. The van der Waals surface area contributed by atoms with Gasteiger partial charge in [0.25, 0.3) is 5.92 Å². The maximum Gasteiger partial charge on any atom is 0.289 e. The predicted molar refractivity (Wildman–Crippen MR) is 85.3 cm³/mol. The molecule has 0 saturated carbocycles. The van der Waals surface area contributed by atoms with Gasteiger partial charge >= 0.3 is 0 Å². The summed E-state index contributed by atoms with van der Waals surface area (Å²) in [5, 5.41) is 11.9. The average molecular weight is 348 g/mol. The van der Waals surface area contributed by atoms with Crippen LogP contribution >= 0.6 is 0 Å². The number of nitrogens with one attached hydrogen (secondary N) is 1. The van der Waals surface area contributed by atoms with E-state index in [1.54, 1.807) is 6.07 Å². The highest BCUT2D eigenvalue weighted by atomic mass is 19.3. The lowest BCUT2D eigenvalue weighted by Crippen LogP contribution is -2.80. The van der Waals surface area contributed by atoms with Crippen LogP contribution in [0, 0.1) is 11.3 Å². The zero-order valence-corrected chi connectivity index (χ0v) is 13.6. The number of halogens is 2. The lowest BCUT2D eigenvalue weighted by molar-refractivity contribution is -0.243. The molecule has 3 aliphatic heterocycles. The zero-order valence-electron chi connectivity index (χ0n) is 13.6. The van der Waals surface area contributed by atoms with Gasteiger partial charge in [0.05, 0.1) is 12.6 Å². The van der Waals surface area contributed by atoms with E-state index in [9.17, 15) is 13.6 Å². The number of hydrogen-bond donors (Lipinski definition) is 1. The molecule has 9 heteroatoms. The molecule has 3 aliphatic rings. The second-order valence-electron chi connectivity index (χ2n) is 6.78. The van der Waals surface area contributed by atoms with E-state index in [-0.39, 0.29) is 19.4 Å². The van der Waals surface area contributed by atoms with E-state index in [0.29, 0.717) is 18.8 Å². The van der Waals surface area contributed by atoms with Crippen LogP contribution in [0.1, 0.15) is 24.8 Å². The number of amides is 1. The highest BCUT2D eigenvalue weighted by molar-refractivity contribution is 5.81. The van der Waals surface area contributed by atoms with Crippen LogP contribution in [-0.2, 0) is 11.2 Å². The normalized spacial score (nSPS) is 26.6. The van der Waals surface area contributed by atoms with E-state index in [1.165, 1.54) is 11.2 Å². The number of likely N-dealkylation sites (tertiary alicyclic amines) is 1. The zero-order chi connectivity index (χ0) is 17.7. The summed E-state index contributed by atoms with van der Waals surface area (Å²) in [5.41, 5.74) is -0.597. The number of piperidine rings is 1. The molecule has 4 rings (SSSR count). The molecule has 1 atom stereocenters. The number of hydrogen-bond acceptors (Lipinski definition) is 6. The van der Waals surface area contributed by atoms with Gasteiger partial charge in [0, 0.05) is 25.2 Å². The third-order valence-electron chi connectivity index (χ3n) is 5.45. The van der Waals surface area contributed by atoms with Gasteiger partial charge in [-0.05, 0) is 19.3 Å². The van der Waals surface area contributed by atoms with Crippen molar-refractivity contribution in [2.24, 2.45) is 0 Å². The first-order chi connectivity index (χ1) is 12.0. The number of carbonyl (C=O) groups excluding carboxylic acids is 1. The summed E-state index contributed by atoms with van der Waals surface area (Å²) < 4.78 is 29.1. The molecule has 132 valence electrons. The van der Waals surface area contributed by atoms with Gasteiger partial charge in [-0.15, -0.1) is 0 Å². The van der Waals surface area contributed by atoms with Gasteiger partial charge in [0.2, 0.25) is 5.91 Å². The van der Waals surface area contributed by atoms with Gasteiger partial charge in [0.1, 0.15) is 29.9 Å². The first-order valence-electron chi connectivity index (χ1n) is 8.36. The third-order valence-corrected chi connectivity index (χ3v) is 5.45. The molecule has 25 heavy (non-hydrogen) atoms. The minimum atomic E-state index is -2.95. The smallest absolute Gasteiger partial charge is 0.289 e. The molecular weight excluding hydrogens is 330 g/mol. The van der Waals surface area contributed by atoms with Crippen molar-refractivity contribution in [3.8, 4) is 6.07 Å². The van der Waals surface area contributed by atoms with Crippen LogP contribution in [-0.4, -0.2) is 58.4 Å². The van der Waals surface area contributed by atoms with Gasteiger partial charge in [-0.3, -0.25) is 4.79 Å². The number of nitriles is 1. The lowest BCUT2D eigenvalue weighted by atomic mass is 9.74. The van der Waals surface area contributed by atoms with Crippen LogP contribution in [0.4, 0.5) is 20.4 Å². The van der Waals surface area contributed by atoms with Crippen molar-refractivity contribution in [2.45, 2.75) is 37.1 Å². The van der Waals surface area contributed by atoms with Crippen molar-refractivity contribution in [1.82, 2.24) is 14.9 Å². The predicted octanol–water partition coefficient (Wildman–Crippen LogP) is 1.17. The highest BCUT2D eigenvalue weighted by Crippen LogP contribution is 2.50. The summed E-state index contributed by atoms with van der Waals surface area (Å²) in [6, 6.07) is 1.76. The largest absolute Gasteiger partial charge is 0.369 e. The first kappa shape index (κ1) is 16.0. The fourth-order valence-corrected chi connectivity index (χ4v) is 4.19. The van der Waals surface area contributed by atoms with E-state index in [4.69, 9.17) is 5.26 Å². The van der Waals surface area contributed by atoms with Gasteiger partial charge in [-0.25, -0.2) is 18.7 Å². The Bertz CT molecular complexity index is 763. The SMILES string of the molecule is N#CCC(=O)N1CC(F)(F)C12CCCN(c1ncnc3c1CCN3)C2. The Balaban J connectivity index is 1.65. The third kappa shape index (κ3) is 2.23. The molecule has 1 aromatic heterocycles. The molecule has 1 amide bonds. The Morgan fingerprint density at radius 2 is 2.24 bits per heavy atom. The minimum Gasteiger partial charge on any atom is -0.369 e. The van der Waals surface area contributed by atoms with Crippen molar-refractivity contribution in [2.75, 3.05) is 36.4 Å². The average Bonchev–Trinajstić information content (AvgIpc) is 3.08. The molecule has 0 aromatic carbocycles. The molecule has 0 radical (unpaired) electrons. The van der Waals surface area contributed by atoms with Gasteiger partial charge in [0.15, 0.2) is 0 Å². The number of nitrogens with zero attached hydrogens (tertiary/aromatic N) is 5. The van der Waals surface area contributed by atoms with Crippen LogP contribution < -0.4 is 10.2 Å². The van der Waals surface area contributed by atoms with Crippen molar-refractivity contribution in [1.29, 1.82) is 5.26 Å². The Hall–Kier alpha value is -2.50. The summed E-state index contributed by atoms with van der Waals surface area (Å²) in [6.45, 7) is 0.788. The Kier molecular flexibility index (Phi) is 3.52. The topological polar surface area (TPSA) is 85.2 Å². The van der Waals surface area contributed by atoms with Crippen molar-refractivity contribution in [3.05, 3.63) is 11.9 Å². The maximum atomic E-state index is 14.5. The van der Waals surface area contributed by atoms with Crippen LogP contribution in [0.2, 0.25) is 0 Å². The molecule has 2 saturated heterocycles. The number of aromatic nitrogens is 2. The highest BCUT2D eigenvalue weighted by Gasteiger charge is 2.69. The molecule has 4 heterocycles. The standard InChI is InChI=1S/C16H18F2N6O/c17-16(18)9-24(12(25)2-5-19)15(16)4-1-7-23(8-15)14-11-3-6-20-13(11)21-10-22-14/h10H,1-4,6-9H2,(H,20,21,22). The van der Waals surface area contributed by atoms with E-state index in [1.807, 2.05) is 4.90 Å². The monoisotopic (exact) mass is 348 g/mol. The molecule has 1 N–H and O–H groups in total. The summed E-state index contributed by atoms with van der Waals surface area (Å²) in [4.78, 5) is 23.7. The molecular formula is C16H18F2N6O. The molecule has 1 aromatic rings. The fraction of sp³-hybridized carbons (Fsp3) is 0.625. The van der Waals surface area contributed by atoms with E-state index in [0.717, 1.165) is 24.3 Å². The fourth-order valence-electron chi connectivity index (χ4n) is 4.19. The molecule has 2 fully saturated rings. The minimum absolute atomic E-state index is 0.0284. The van der Waals surface area contributed by atoms with E-state index in [2.05, 4.69) is 15.3 Å². The van der Waals surface area contributed by atoms with E-state index < -0.39 is 23.9 Å². The van der Waals surface area contributed by atoms with Gasteiger partial charge < -0.3 is 15.1 Å². The second kappa shape index (κ2) is 5.51. The van der Waals surface area contributed by atoms with Gasteiger partial charge in [-0.1, -0.05) is 0 Å². The van der Waals surface area contributed by atoms with E-state index >= 15 is 0 Å². The number of fused-ring (bicyclic) bond motifs is 1. The number of alkyl halides is 2. The van der Waals surface area contributed by atoms with Crippen molar-refractivity contribution in [3.63, 3.8) is 0 Å².